The molecule has 0 saturated carbocycles. The number of primary amides is 1. The molecule has 2 N–H and O–H groups in total. The fourth-order valence-electron chi connectivity index (χ4n) is 2.11. The lowest BCUT2D eigenvalue weighted by molar-refractivity contribution is -0.117. The Balaban J connectivity index is 1.80. The number of amides is 1. The van der Waals surface area contributed by atoms with Gasteiger partial charge in [-0.05, 0) is 42.2 Å². The summed E-state index contributed by atoms with van der Waals surface area (Å²) in [7, 11) is 0. The number of halogens is 1. The second-order valence-corrected chi connectivity index (χ2v) is 5.85. The lowest BCUT2D eigenvalue weighted by atomic mass is 10.1. The highest BCUT2D eigenvalue weighted by Gasteiger charge is 2.11. The molecule has 0 aliphatic rings. The normalized spacial score (nSPS) is 11.9. The molecule has 0 saturated heterocycles. The molecule has 1 atom stereocenters. The maximum absolute atomic E-state index is 10.9. The Bertz CT molecular complexity index is 626. The molecule has 1 amide bonds. The van der Waals surface area contributed by atoms with Gasteiger partial charge in [0.15, 0.2) is 0 Å². The third-order valence-electron chi connectivity index (χ3n) is 3.57. The average molecular weight is 333 g/mol. The zero-order valence-corrected chi connectivity index (χ0v) is 13.9. The quantitative estimate of drug-likeness (QED) is 0.756. The Hall–Kier alpha value is -2.07. The maximum atomic E-state index is 10.9. The van der Waals surface area contributed by atoms with E-state index in [0.29, 0.717) is 13.0 Å². The van der Waals surface area contributed by atoms with Crippen molar-refractivity contribution in [2.75, 3.05) is 6.61 Å². The van der Waals surface area contributed by atoms with E-state index in [1.54, 1.807) is 0 Å². The summed E-state index contributed by atoms with van der Waals surface area (Å²) in [4.78, 5) is 15.4. The fraction of sp³-hybridized carbons (Fsp3) is 0.333. The SMILES string of the molecule is CCc1ccc(CCOc2ccc(CC(Cl)C(N)=O)cc2)nc1. The first kappa shape index (κ1) is 17.3. The average Bonchev–Trinajstić information content (AvgIpc) is 2.57. The topological polar surface area (TPSA) is 65.2 Å². The third kappa shape index (κ3) is 5.57. The summed E-state index contributed by atoms with van der Waals surface area (Å²) in [5.41, 5.74) is 8.36. The van der Waals surface area contributed by atoms with Crippen LogP contribution in [0.4, 0.5) is 0 Å². The molecule has 0 fully saturated rings. The minimum absolute atomic E-state index is 0.421. The molecule has 0 aliphatic carbocycles. The van der Waals surface area contributed by atoms with Crippen LogP contribution >= 0.6 is 11.6 Å². The number of pyridine rings is 1. The predicted octanol–water partition coefficient (Wildman–Crippen LogP) is 2.90. The third-order valence-corrected chi connectivity index (χ3v) is 3.94. The van der Waals surface area contributed by atoms with Crippen molar-refractivity contribution < 1.29 is 9.53 Å². The monoisotopic (exact) mass is 332 g/mol. The highest BCUT2D eigenvalue weighted by atomic mass is 35.5. The number of alkyl halides is 1. The van der Waals surface area contributed by atoms with Crippen molar-refractivity contribution in [3.05, 3.63) is 59.4 Å². The molecule has 2 rings (SSSR count). The fourth-order valence-corrected chi connectivity index (χ4v) is 2.29. The summed E-state index contributed by atoms with van der Waals surface area (Å²) in [6.45, 7) is 2.68. The van der Waals surface area contributed by atoms with E-state index in [1.165, 1.54) is 5.56 Å². The zero-order chi connectivity index (χ0) is 16.7. The number of hydrogen-bond acceptors (Lipinski definition) is 3. The van der Waals surface area contributed by atoms with Crippen molar-refractivity contribution in [1.82, 2.24) is 4.98 Å². The second kappa shape index (κ2) is 8.53. The van der Waals surface area contributed by atoms with Crippen molar-refractivity contribution >= 4 is 17.5 Å². The van der Waals surface area contributed by atoms with E-state index in [4.69, 9.17) is 22.1 Å². The number of aromatic nitrogens is 1. The van der Waals surface area contributed by atoms with E-state index in [-0.39, 0.29) is 0 Å². The second-order valence-electron chi connectivity index (χ2n) is 5.33. The van der Waals surface area contributed by atoms with Gasteiger partial charge in [0.2, 0.25) is 5.91 Å². The number of rotatable bonds is 8. The van der Waals surface area contributed by atoms with Crippen LogP contribution in [0.2, 0.25) is 0 Å². The zero-order valence-electron chi connectivity index (χ0n) is 13.2. The maximum Gasteiger partial charge on any atom is 0.235 e. The van der Waals surface area contributed by atoms with E-state index in [0.717, 1.165) is 29.8 Å². The molecule has 1 aromatic heterocycles. The number of ether oxygens (including phenoxy) is 1. The Labute approximate surface area is 141 Å². The van der Waals surface area contributed by atoms with Crippen molar-refractivity contribution in [2.45, 2.75) is 31.6 Å². The molecular formula is C18H21ClN2O2. The first-order valence-corrected chi connectivity index (χ1v) is 8.11. The molecule has 0 bridgehead atoms. The molecule has 122 valence electrons. The van der Waals surface area contributed by atoms with Gasteiger partial charge >= 0.3 is 0 Å². The number of carbonyl (C=O) groups is 1. The molecule has 0 spiro atoms. The molecular weight excluding hydrogens is 312 g/mol. The molecule has 23 heavy (non-hydrogen) atoms. The van der Waals surface area contributed by atoms with Gasteiger partial charge in [-0.15, -0.1) is 11.6 Å². The summed E-state index contributed by atoms with van der Waals surface area (Å²) >= 11 is 5.85. The van der Waals surface area contributed by atoms with E-state index in [9.17, 15) is 4.79 Å². The Morgan fingerprint density at radius 3 is 2.48 bits per heavy atom. The minimum atomic E-state index is -0.682. The van der Waals surface area contributed by atoms with Crippen molar-refractivity contribution in [3.8, 4) is 5.75 Å². The van der Waals surface area contributed by atoms with Gasteiger partial charge in [-0.3, -0.25) is 9.78 Å². The van der Waals surface area contributed by atoms with Crippen LogP contribution < -0.4 is 10.5 Å². The molecule has 4 nitrogen and oxygen atoms in total. The Kier molecular flexibility index (Phi) is 6.41. The lowest BCUT2D eigenvalue weighted by Gasteiger charge is -2.08. The van der Waals surface area contributed by atoms with Crippen LogP contribution in [0, 0.1) is 0 Å². The molecule has 1 unspecified atom stereocenters. The Morgan fingerprint density at radius 2 is 1.91 bits per heavy atom. The Morgan fingerprint density at radius 1 is 1.22 bits per heavy atom. The van der Waals surface area contributed by atoms with Gasteiger partial charge in [0, 0.05) is 18.3 Å². The lowest BCUT2D eigenvalue weighted by Crippen LogP contribution is -2.25. The van der Waals surface area contributed by atoms with Gasteiger partial charge in [0.1, 0.15) is 11.1 Å². The van der Waals surface area contributed by atoms with Gasteiger partial charge in [0.25, 0.3) is 0 Å². The van der Waals surface area contributed by atoms with Gasteiger partial charge in [-0.1, -0.05) is 25.1 Å². The summed E-state index contributed by atoms with van der Waals surface area (Å²) in [5, 5.41) is -0.682. The number of aryl methyl sites for hydroxylation is 1. The van der Waals surface area contributed by atoms with Crippen molar-refractivity contribution in [2.24, 2.45) is 5.73 Å². The van der Waals surface area contributed by atoms with Crippen LogP contribution in [0.5, 0.6) is 5.75 Å². The first-order valence-electron chi connectivity index (χ1n) is 7.67. The molecule has 0 radical (unpaired) electrons. The van der Waals surface area contributed by atoms with Gasteiger partial charge < -0.3 is 10.5 Å². The summed E-state index contributed by atoms with van der Waals surface area (Å²) in [5.74, 6) is 0.276. The first-order chi connectivity index (χ1) is 11.1. The van der Waals surface area contributed by atoms with E-state index < -0.39 is 11.3 Å². The standard InChI is InChI=1S/C18H21ClN2O2/c1-2-13-3-6-15(21-12-13)9-10-23-16-7-4-14(5-8-16)11-17(19)18(20)22/h3-8,12,17H,2,9-11H2,1H3,(H2,20,22). The number of nitrogens with zero attached hydrogens (tertiary/aromatic N) is 1. The van der Waals surface area contributed by atoms with Crippen molar-refractivity contribution in [3.63, 3.8) is 0 Å². The number of benzene rings is 1. The van der Waals surface area contributed by atoms with E-state index in [2.05, 4.69) is 18.0 Å². The van der Waals surface area contributed by atoms with Crippen LogP contribution in [0.1, 0.15) is 23.7 Å². The van der Waals surface area contributed by atoms with Gasteiger partial charge in [-0.25, -0.2) is 0 Å². The largest absolute Gasteiger partial charge is 0.493 e. The van der Waals surface area contributed by atoms with Crippen LogP contribution in [0.25, 0.3) is 0 Å². The molecule has 1 heterocycles. The van der Waals surface area contributed by atoms with Crippen molar-refractivity contribution in [1.29, 1.82) is 0 Å². The molecule has 2 aromatic rings. The number of nitrogens with two attached hydrogens (primary N) is 1. The van der Waals surface area contributed by atoms with Crippen LogP contribution in [-0.2, 0) is 24.1 Å². The summed E-state index contributed by atoms with van der Waals surface area (Å²) < 4.78 is 5.71. The molecule has 0 aliphatic heterocycles. The van der Waals surface area contributed by atoms with E-state index >= 15 is 0 Å². The van der Waals surface area contributed by atoms with Crippen LogP contribution in [0.15, 0.2) is 42.6 Å². The minimum Gasteiger partial charge on any atom is -0.493 e. The highest BCUT2D eigenvalue weighted by Crippen LogP contribution is 2.15. The van der Waals surface area contributed by atoms with Gasteiger partial charge in [0.05, 0.1) is 6.61 Å². The summed E-state index contributed by atoms with van der Waals surface area (Å²) in [6.07, 6.45) is 4.09. The van der Waals surface area contributed by atoms with Crippen LogP contribution in [0.3, 0.4) is 0 Å². The number of carbonyl (C=O) groups excluding carboxylic acids is 1. The molecule has 5 heteroatoms. The predicted molar refractivity (Wildman–Crippen MR) is 91.8 cm³/mol. The molecule has 1 aromatic carbocycles. The number of hydrogen-bond donors (Lipinski definition) is 1. The van der Waals surface area contributed by atoms with Gasteiger partial charge in [-0.2, -0.15) is 0 Å². The summed E-state index contributed by atoms with van der Waals surface area (Å²) in [6, 6.07) is 11.7. The van der Waals surface area contributed by atoms with E-state index in [1.807, 2.05) is 36.5 Å². The van der Waals surface area contributed by atoms with Crippen LogP contribution in [-0.4, -0.2) is 22.9 Å². The smallest absolute Gasteiger partial charge is 0.235 e. The highest BCUT2D eigenvalue weighted by molar-refractivity contribution is 6.30.